The number of sulfonamides is 1. The van der Waals surface area contributed by atoms with E-state index in [2.05, 4.69) is 0 Å². The Labute approximate surface area is 123 Å². The first-order valence-corrected chi connectivity index (χ1v) is 8.06. The summed E-state index contributed by atoms with van der Waals surface area (Å²) in [4.78, 5) is 0. The summed E-state index contributed by atoms with van der Waals surface area (Å²) in [6, 6.07) is 1.57. The molecule has 1 saturated heterocycles. The third-order valence-corrected chi connectivity index (χ3v) is 6.72. The van der Waals surface area contributed by atoms with Gasteiger partial charge in [-0.05, 0) is 31.4 Å². The van der Waals surface area contributed by atoms with E-state index in [-0.39, 0.29) is 18.4 Å². The van der Waals surface area contributed by atoms with Crippen molar-refractivity contribution in [2.75, 3.05) is 13.1 Å². The molecule has 0 aromatic carbocycles. The van der Waals surface area contributed by atoms with Crippen LogP contribution in [0.5, 0.6) is 0 Å². The van der Waals surface area contributed by atoms with Gasteiger partial charge in [0.1, 0.15) is 4.21 Å². The van der Waals surface area contributed by atoms with Gasteiger partial charge in [-0.15, -0.1) is 23.7 Å². The third kappa shape index (κ3) is 3.18. The van der Waals surface area contributed by atoms with Crippen LogP contribution in [0.4, 0.5) is 0 Å². The minimum absolute atomic E-state index is 0. The zero-order valence-electron chi connectivity index (χ0n) is 9.93. The standard InChI is InChI=1S/C10H15ClN2O2S2.ClH/c1-7-5-9(16-10(7)11)17(14,15)13-4-2-3-8(12)6-13;/h5,8H,2-4,6,12H2,1H3;1H/t8-;/m1./s1. The van der Waals surface area contributed by atoms with Crippen LogP contribution in [0, 0.1) is 6.92 Å². The number of aryl methyl sites for hydroxylation is 1. The van der Waals surface area contributed by atoms with Crippen LogP contribution in [0.25, 0.3) is 0 Å². The predicted octanol–water partition coefficient (Wildman–Crippen LogP) is 2.24. The molecule has 0 radical (unpaired) electrons. The van der Waals surface area contributed by atoms with Gasteiger partial charge in [0.25, 0.3) is 10.0 Å². The predicted molar refractivity (Wildman–Crippen MR) is 77.3 cm³/mol. The first kappa shape index (κ1) is 16.2. The fourth-order valence-corrected chi connectivity index (χ4v) is 5.28. The molecule has 1 aliphatic heterocycles. The van der Waals surface area contributed by atoms with Crippen molar-refractivity contribution >= 4 is 45.4 Å². The lowest BCUT2D eigenvalue weighted by atomic mass is 10.1. The summed E-state index contributed by atoms with van der Waals surface area (Å²) < 4.78 is 26.9. The molecule has 0 unspecified atom stereocenters. The normalized spacial score (nSPS) is 21.6. The van der Waals surface area contributed by atoms with E-state index in [1.54, 1.807) is 13.0 Å². The average Bonchev–Trinajstić information content (AvgIpc) is 2.60. The number of thiophene rings is 1. The molecule has 0 aliphatic carbocycles. The number of piperidine rings is 1. The fraction of sp³-hybridized carbons (Fsp3) is 0.600. The number of nitrogens with zero attached hydrogens (tertiary/aromatic N) is 1. The first-order chi connectivity index (χ1) is 7.91. The van der Waals surface area contributed by atoms with Crippen LogP contribution in [0.1, 0.15) is 18.4 Å². The molecule has 1 atom stereocenters. The Morgan fingerprint density at radius 3 is 2.72 bits per heavy atom. The summed E-state index contributed by atoms with van der Waals surface area (Å²) in [7, 11) is -3.41. The van der Waals surface area contributed by atoms with E-state index in [1.165, 1.54) is 4.31 Å². The van der Waals surface area contributed by atoms with Gasteiger partial charge >= 0.3 is 0 Å². The van der Waals surface area contributed by atoms with E-state index < -0.39 is 10.0 Å². The second-order valence-corrected chi connectivity index (χ2v) is 8.11. The Hall–Kier alpha value is 0.150. The molecule has 104 valence electrons. The second kappa shape index (κ2) is 6.07. The SMILES string of the molecule is Cc1cc(S(=O)(=O)N2CCC[C@@H](N)C2)sc1Cl.Cl. The number of hydrogen-bond donors (Lipinski definition) is 1. The van der Waals surface area contributed by atoms with Crippen LogP contribution in [0.3, 0.4) is 0 Å². The van der Waals surface area contributed by atoms with Gasteiger partial charge < -0.3 is 5.73 Å². The smallest absolute Gasteiger partial charge is 0.252 e. The van der Waals surface area contributed by atoms with E-state index in [4.69, 9.17) is 17.3 Å². The summed E-state index contributed by atoms with van der Waals surface area (Å²) in [5.74, 6) is 0. The van der Waals surface area contributed by atoms with Gasteiger partial charge in [0, 0.05) is 19.1 Å². The molecule has 2 rings (SSSR count). The maximum Gasteiger partial charge on any atom is 0.252 e. The van der Waals surface area contributed by atoms with Crippen LogP contribution in [0.2, 0.25) is 4.34 Å². The van der Waals surface area contributed by atoms with Crippen LogP contribution in [-0.4, -0.2) is 31.9 Å². The quantitative estimate of drug-likeness (QED) is 0.904. The van der Waals surface area contributed by atoms with Crippen molar-refractivity contribution in [2.24, 2.45) is 5.73 Å². The van der Waals surface area contributed by atoms with Crippen LogP contribution in [-0.2, 0) is 10.0 Å². The lowest BCUT2D eigenvalue weighted by molar-refractivity contribution is 0.316. The van der Waals surface area contributed by atoms with Gasteiger partial charge in [-0.1, -0.05) is 11.6 Å². The Kier molecular flexibility index (Phi) is 5.46. The molecule has 2 N–H and O–H groups in total. The minimum atomic E-state index is -3.41. The van der Waals surface area contributed by atoms with Crippen LogP contribution >= 0.6 is 35.3 Å². The van der Waals surface area contributed by atoms with Crippen molar-refractivity contribution < 1.29 is 8.42 Å². The molecule has 8 heteroatoms. The molecule has 1 aromatic rings. The molecule has 1 fully saturated rings. The van der Waals surface area contributed by atoms with Crippen LogP contribution < -0.4 is 5.73 Å². The van der Waals surface area contributed by atoms with E-state index in [0.717, 1.165) is 29.7 Å². The fourth-order valence-electron chi connectivity index (χ4n) is 1.88. The van der Waals surface area contributed by atoms with Gasteiger partial charge in [-0.25, -0.2) is 8.42 Å². The Morgan fingerprint density at radius 1 is 1.56 bits per heavy atom. The van der Waals surface area contributed by atoms with E-state index in [1.807, 2.05) is 0 Å². The molecule has 18 heavy (non-hydrogen) atoms. The molecule has 0 spiro atoms. The highest BCUT2D eigenvalue weighted by molar-refractivity contribution is 7.91. The monoisotopic (exact) mass is 330 g/mol. The third-order valence-electron chi connectivity index (χ3n) is 2.85. The van der Waals surface area contributed by atoms with Crippen molar-refractivity contribution in [1.29, 1.82) is 0 Å². The lowest BCUT2D eigenvalue weighted by Gasteiger charge is -2.29. The van der Waals surface area contributed by atoms with E-state index >= 15 is 0 Å². The highest BCUT2D eigenvalue weighted by atomic mass is 35.5. The Bertz CT molecular complexity index is 496. The molecule has 2 heterocycles. The van der Waals surface area contributed by atoms with Crippen molar-refractivity contribution in [1.82, 2.24) is 4.31 Å². The second-order valence-electron chi connectivity index (χ2n) is 4.29. The molecule has 1 aliphatic rings. The molecule has 0 saturated carbocycles. The van der Waals surface area contributed by atoms with Crippen molar-refractivity contribution in [3.63, 3.8) is 0 Å². The number of hydrogen-bond acceptors (Lipinski definition) is 4. The zero-order valence-corrected chi connectivity index (χ0v) is 13.1. The largest absolute Gasteiger partial charge is 0.327 e. The minimum Gasteiger partial charge on any atom is -0.327 e. The summed E-state index contributed by atoms with van der Waals surface area (Å²) in [5.41, 5.74) is 6.61. The van der Waals surface area contributed by atoms with Crippen molar-refractivity contribution in [3.8, 4) is 0 Å². The molecular weight excluding hydrogens is 315 g/mol. The van der Waals surface area contributed by atoms with E-state index in [0.29, 0.717) is 21.6 Å². The highest BCUT2D eigenvalue weighted by Crippen LogP contribution is 2.32. The topological polar surface area (TPSA) is 63.4 Å². The summed E-state index contributed by atoms with van der Waals surface area (Å²) in [6.45, 7) is 2.75. The van der Waals surface area contributed by atoms with Gasteiger partial charge in [0.05, 0.1) is 4.34 Å². The Balaban J connectivity index is 0.00000162. The van der Waals surface area contributed by atoms with Gasteiger partial charge in [-0.3, -0.25) is 0 Å². The lowest BCUT2D eigenvalue weighted by Crippen LogP contribution is -2.45. The summed E-state index contributed by atoms with van der Waals surface area (Å²) in [5, 5.41) is 0. The molecule has 1 aromatic heterocycles. The van der Waals surface area contributed by atoms with Gasteiger partial charge in [0.2, 0.25) is 0 Å². The maximum atomic E-state index is 12.3. The summed E-state index contributed by atoms with van der Waals surface area (Å²) >= 11 is 7.03. The van der Waals surface area contributed by atoms with E-state index in [9.17, 15) is 8.42 Å². The first-order valence-electron chi connectivity index (χ1n) is 5.43. The molecule has 4 nitrogen and oxygen atoms in total. The highest BCUT2D eigenvalue weighted by Gasteiger charge is 2.30. The molecule has 0 bridgehead atoms. The van der Waals surface area contributed by atoms with Gasteiger partial charge in [-0.2, -0.15) is 4.31 Å². The molecule has 0 amide bonds. The Morgan fingerprint density at radius 2 is 2.22 bits per heavy atom. The number of rotatable bonds is 2. The maximum absolute atomic E-state index is 12.3. The zero-order chi connectivity index (χ0) is 12.6. The van der Waals surface area contributed by atoms with Gasteiger partial charge in [0.15, 0.2) is 0 Å². The average molecular weight is 331 g/mol. The number of nitrogens with two attached hydrogens (primary N) is 1. The van der Waals surface area contributed by atoms with Crippen molar-refractivity contribution in [3.05, 3.63) is 16.0 Å². The van der Waals surface area contributed by atoms with Crippen molar-refractivity contribution in [2.45, 2.75) is 30.0 Å². The molecular formula is C10H16Cl2N2O2S2. The van der Waals surface area contributed by atoms with Crippen LogP contribution in [0.15, 0.2) is 10.3 Å². The summed E-state index contributed by atoms with van der Waals surface area (Å²) in [6.07, 6.45) is 1.70. The number of halogens is 2.